The van der Waals surface area contributed by atoms with E-state index in [1.54, 1.807) is 12.3 Å². The molecule has 1 aromatic heterocycles. The maximum absolute atomic E-state index is 13.2. The summed E-state index contributed by atoms with van der Waals surface area (Å²) in [6.07, 6.45) is 8.58. The molecule has 0 saturated heterocycles. The topological polar surface area (TPSA) is 62.3 Å². The first-order valence-corrected chi connectivity index (χ1v) is 12.8. The molecule has 1 fully saturated rings. The Morgan fingerprint density at radius 2 is 1.80 bits per heavy atom. The molecule has 2 aromatic carbocycles. The molecule has 1 N–H and O–H groups in total. The van der Waals surface area contributed by atoms with Gasteiger partial charge in [-0.1, -0.05) is 66.4 Å². The number of nitrogens with zero attached hydrogens (tertiary/aromatic N) is 2. The fraction of sp³-hybridized carbons (Fsp3) is 0.321. The summed E-state index contributed by atoms with van der Waals surface area (Å²) in [6.45, 7) is 0.653. The summed E-state index contributed by atoms with van der Waals surface area (Å²) >= 11 is 12.6. The fourth-order valence-corrected chi connectivity index (χ4v) is 5.47. The molecule has 2 aliphatic rings. The van der Waals surface area contributed by atoms with E-state index in [0.29, 0.717) is 29.0 Å². The highest BCUT2D eigenvalue weighted by Gasteiger charge is 2.39. The molecule has 2 heterocycles. The SMILES string of the molecule is O=C1c2ccccc2CC(c2ccc(Cl)cc2Cl)N1C1CCCC1.O=CNCCc1ccccn1. The van der Waals surface area contributed by atoms with Gasteiger partial charge in [0.05, 0.1) is 6.04 Å². The van der Waals surface area contributed by atoms with E-state index in [0.717, 1.165) is 48.1 Å². The zero-order valence-corrected chi connectivity index (χ0v) is 21.0. The van der Waals surface area contributed by atoms with E-state index in [4.69, 9.17) is 23.2 Å². The van der Waals surface area contributed by atoms with Gasteiger partial charge in [0.15, 0.2) is 0 Å². The second-order valence-electron chi connectivity index (χ2n) is 8.84. The van der Waals surface area contributed by atoms with E-state index in [2.05, 4.69) is 21.3 Å². The Morgan fingerprint density at radius 1 is 1.03 bits per heavy atom. The van der Waals surface area contributed by atoms with Gasteiger partial charge >= 0.3 is 0 Å². The average molecular weight is 510 g/mol. The molecule has 5 rings (SSSR count). The Bertz CT molecular complexity index is 1150. The third-order valence-corrected chi connectivity index (χ3v) is 7.17. The van der Waals surface area contributed by atoms with Gasteiger partial charge in [0, 0.05) is 46.5 Å². The third-order valence-electron chi connectivity index (χ3n) is 6.61. The number of benzene rings is 2. The second-order valence-corrected chi connectivity index (χ2v) is 9.68. The van der Waals surface area contributed by atoms with Crippen LogP contribution in [0.2, 0.25) is 10.0 Å². The monoisotopic (exact) mass is 509 g/mol. The van der Waals surface area contributed by atoms with Crippen LogP contribution in [0.3, 0.4) is 0 Å². The zero-order valence-electron chi connectivity index (χ0n) is 19.5. The molecular formula is C28H29Cl2N3O2. The van der Waals surface area contributed by atoms with E-state index >= 15 is 0 Å². The predicted molar refractivity (Wildman–Crippen MR) is 140 cm³/mol. The summed E-state index contributed by atoms with van der Waals surface area (Å²) in [5, 5.41) is 3.84. The van der Waals surface area contributed by atoms with Crippen LogP contribution in [0.1, 0.15) is 58.9 Å². The van der Waals surface area contributed by atoms with Crippen molar-refractivity contribution < 1.29 is 9.59 Å². The Hall–Kier alpha value is -2.89. The fourth-order valence-electron chi connectivity index (χ4n) is 4.93. The minimum absolute atomic E-state index is 0.0136. The number of nitrogens with one attached hydrogen (secondary N) is 1. The van der Waals surface area contributed by atoms with E-state index in [9.17, 15) is 9.59 Å². The Balaban J connectivity index is 0.000000221. The Morgan fingerprint density at radius 3 is 2.51 bits per heavy atom. The van der Waals surface area contributed by atoms with Gasteiger partial charge in [-0.05, 0) is 60.7 Å². The molecule has 3 aromatic rings. The van der Waals surface area contributed by atoms with Gasteiger partial charge in [-0.25, -0.2) is 0 Å². The van der Waals surface area contributed by atoms with E-state index in [1.807, 2.05) is 48.5 Å². The lowest BCUT2D eigenvalue weighted by molar-refractivity contribution is -0.109. The lowest BCUT2D eigenvalue weighted by Gasteiger charge is -2.41. The molecule has 0 spiro atoms. The van der Waals surface area contributed by atoms with Crippen LogP contribution in [0.4, 0.5) is 0 Å². The summed E-state index contributed by atoms with van der Waals surface area (Å²) in [5.74, 6) is 0.139. The summed E-state index contributed by atoms with van der Waals surface area (Å²) in [4.78, 5) is 29.3. The van der Waals surface area contributed by atoms with Crippen LogP contribution in [-0.4, -0.2) is 34.8 Å². The summed E-state index contributed by atoms with van der Waals surface area (Å²) in [7, 11) is 0. The number of aromatic nitrogens is 1. The first kappa shape index (κ1) is 25.2. The molecule has 1 saturated carbocycles. The number of hydrogen-bond donors (Lipinski definition) is 1. The third kappa shape index (κ3) is 6.22. The summed E-state index contributed by atoms with van der Waals surface area (Å²) < 4.78 is 0. The molecule has 1 atom stereocenters. The molecule has 0 radical (unpaired) electrons. The van der Waals surface area contributed by atoms with Gasteiger partial charge in [0.25, 0.3) is 5.91 Å². The molecule has 35 heavy (non-hydrogen) atoms. The van der Waals surface area contributed by atoms with Crippen molar-refractivity contribution in [2.24, 2.45) is 0 Å². The van der Waals surface area contributed by atoms with Crippen LogP contribution >= 0.6 is 23.2 Å². The molecule has 1 unspecified atom stereocenters. The van der Waals surface area contributed by atoms with E-state index < -0.39 is 0 Å². The molecule has 1 aliphatic carbocycles. The van der Waals surface area contributed by atoms with Crippen molar-refractivity contribution >= 4 is 35.5 Å². The number of rotatable bonds is 6. The lowest BCUT2D eigenvalue weighted by Crippen LogP contribution is -2.45. The zero-order chi connectivity index (χ0) is 24.6. The average Bonchev–Trinajstić information content (AvgIpc) is 3.40. The van der Waals surface area contributed by atoms with Crippen LogP contribution < -0.4 is 5.32 Å². The van der Waals surface area contributed by atoms with Gasteiger partial charge in [-0.3, -0.25) is 14.6 Å². The van der Waals surface area contributed by atoms with Crippen LogP contribution in [0.25, 0.3) is 0 Å². The number of fused-ring (bicyclic) bond motifs is 1. The quantitative estimate of drug-likeness (QED) is 0.325. The molecule has 2 amide bonds. The Kier molecular flexibility index (Phi) is 8.78. The van der Waals surface area contributed by atoms with Crippen molar-refractivity contribution in [2.45, 2.75) is 50.6 Å². The number of hydrogen-bond acceptors (Lipinski definition) is 3. The highest BCUT2D eigenvalue weighted by molar-refractivity contribution is 6.35. The predicted octanol–water partition coefficient (Wildman–Crippen LogP) is 6.05. The maximum atomic E-state index is 13.2. The Labute approximate surface area is 216 Å². The minimum atomic E-state index is -0.0136. The molecule has 182 valence electrons. The van der Waals surface area contributed by atoms with Crippen LogP contribution in [0.15, 0.2) is 66.9 Å². The largest absolute Gasteiger partial charge is 0.358 e. The maximum Gasteiger partial charge on any atom is 0.254 e. The standard InChI is InChI=1S/C20H19Cl2NO.C8H10N2O/c21-14-9-10-17(18(22)12-14)19-11-13-5-1-4-8-16(13)20(24)23(19)15-6-2-3-7-15;11-7-9-6-4-8-3-1-2-5-10-8/h1,4-5,8-10,12,15,19H,2-3,6-7,11H2;1-3,5,7H,4,6H2,(H,9,11). The van der Waals surface area contributed by atoms with Crippen LogP contribution in [0, 0.1) is 0 Å². The van der Waals surface area contributed by atoms with Crippen molar-refractivity contribution in [3.8, 4) is 0 Å². The van der Waals surface area contributed by atoms with Gasteiger partial charge in [-0.15, -0.1) is 0 Å². The van der Waals surface area contributed by atoms with E-state index in [-0.39, 0.29) is 11.9 Å². The van der Waals surface area contributed by atoms with Crippen molar-refractivity contribution in [3.05, 3.63) is 99.3 Å². The number of amides is 2. The minimum Gasteiger partial charge on any atom is -0.358 e. The van der Waals surface area contributed by atoms with Crippen molar-refractivity contribution in [2.75, 3.05) is 6.54 Å². The van der Waals surface area contributed by atoms with Crippen molar-refractivity contribution in [1.82, 2.24) is 15.2 Å². The van der Waals surface area contributed by atoms with Gasteiger partial charge in [-0.2, -0.15) is 0 Å². The summed E-state index contributed by atoms with van der Waals surface area (Å²) in [5.41, 5.74) is 3.94. The number of carbonyl (C=O) groups is 2. The molecular weight excluding hydrogens is 481 g/mol. The van der Waals surface area contributed by atoms with E-state index in [1.165, 1.54) is 12.8 Å². The first-order valence-electron chi connectivity index (χ1n) is 12.0. The second kappa shape index (κ2) is 12.2. The number of halogens is 2. The lowest BCUT2D eigenvalue weighted by atomic mass is 9.88. The summed E-state index contributed by atoms with van der Waals surface area (Å²) in [6, 6.07) is 19.6. The number of pyridine rings is 1. The van der Waals surface area contributed by atoms with Crippen molar-refractivity contribution in [3.63, 3.8) is 0 Å². The normalized spacial score (nSPS) is 17.4. The molecule has 0 bridgehead atoms. The number of carbonyl (C=O) groups excluding carboxylic acids is 2. The highest BCUT2D eigenvalue weighted by atomic mass is 35.5. The molecule has 1 aliphatic heterocycles. The highest BCUT2D eigenvalue weighted by Crippen LogP contribution is 2.41. The van der Waals surface area contributed by atoms with Gasteiger partial charge in [0.2, 0.25) is 6.41 Å². The molecule has 5 nitrogen and oxygen atoms in total. The van der Waals surface area contributed by atoms with Crippen LogP contribution in [0.5, 0.6) is 0 Å². The smallest absolute Gasteiger partial charge is 0.254 e. The van der Waals surface area contributed by atoms with Crippen molar-refractivity contribution in [1.29, 1.82) is 0 Å². The van der Waals surface area contributed by atoms with Gasteiger partial charge in [0.1, 0.15) is 0 Å². The first-order chi connectivity index (χ1) is 17.1. The van der Waals surface area contributed by atoms with Gasteiger partial charge < -0.3 is 10.2 Å². The van der Waals surface area contributed by atoms with Crippen LogP contribution in [-0.2, 0) is 17.6 Å². The molecule has 7 heteroatoms.